The molecule has 1 aliphatic rings. The Balaban J connectivity index is 1.39. The molecule has 0 amide bonds. The summed E-state index contributed by atoms with van der Waals surface area (Å²) in [6.07, 6.45) is 2.90. The second-order valence-corrected chi connectivity index (χ2v) is 7.94. The van der Waals surface area contributed by atoms with Crippen LogP contribution in [0.4, 0.5) is 4.39 Å². The molecule has 0 saturated carbocycles. The molecule has 0 bridgehead atoms. The van der Waals surface area contributed by atoms with Crippen LogP contribution in [0.3, 0.4) is 0 Å². The van der Waals surface area contributed by atoms with Crippen LogP contribution in [0.15, 0.2) is 66.9 Å². The highest BCUT2D eigenvalue weighted by molar-refractivity contribution is 7.98. The molecular weight excluding hydrogens is 367 g/mol. The molecule has 0 spiro atoms. The van der Waals surface area contributed by atoms with Gasteiger partial charge >= 0.3 is 0 Å². The lowest BCUT2D eigenvalue weighted by atomic mass is 10.0. The Morgan fingerprint density at radius 3 is 2.61 bits per heavy atom. The largest absolute Gasteiger partial charge is 0.315 e. The highest BCUT2D eigenvalue weighted by atomic mass is 32.2. The molecule has 1 N–H and O–H groups in total. The zero-order valence-corrected chi connectivity index (χ0v) is 16.3. The van der Waals surface area contributed by atoms with Gasteiger partial charge in [0.25, 0.3) is 0 Å². The van der Waals surface area contributed by atoms with E-state index in [0.29, 0.717) is 5.25 Å². The highest BCUT2D eigenvalue weighted by Gasteiger charge is 2.18. The van der Waals surface area contributed by atoms with Crippen molar-refractivity contribution in [3.8, 4) is 11.8 Å². The molecule has 2 aromatic carbocycles. The predicted molar refractivity (Wildman–Crippen MR) is 114 cm³/mol. The average Bonchev–Trinajstić information content (AvgIpc) is 2.95. The fourth-order valence-corrected chi connectivity index (χ4v) is 4.43. The topological polar surface area (TPSA) is 24.9 Å². The fraction of sp³-hybridized carbons (Fsp3) is 0.208. The summed E-state index contributed by atoms with van der Waals surface area (Å²) in [5.41, 5.74) is 5.60. The second-order valence-electron chi connectivity index (χ2n) is 6.75. The minimum atomic E-state index is -0.249. The molecule has 0 saturated heterocycles. The van der Waals surface area contributed by atoms with Crippen LogP contribution < -0.4 is 5.32 Å². The second kappa shape index (κ2) is 9.05. The van der Waals surface area contributed by atoms with Crippen LogP contribution in [-0.4, -0.2) is 18.1 Å². The first-order valence-electron chi connectivity index (χ1n) is 9.40. The quantitative estimate of drug-likeness (QED) is 0.656. The summed E-state index contributed by atoms with van der Waals surface area (Å²) in [5.74, 6) is 6.74. The average molecular weight is 389 g/mol. The number of thioether (sulfide) groups is 1. The third kappa shape index (κ3) is 4.81. The maximum atomic E-state index is 12.9. The van der Waals surface area contributed by atoms with Crippen molar-refractivity contribution >= 4 is 11.8 Å². The maximum absolute atomic E-state index is 12.9. The van der Waals surface area contributed by atoms with Crippen LogP contribution in [0.5, 0.6) is 0 Å². The van der Waals surface area contributed by atoms with Gasteiger partial charge in [-0.2, -0.15) is 0 Å². The molecule has 0 aliphatic carbocycles. The molecule has 0 radical (unpaired) electrons. The number of benzene rings is 2. The Labute approximate surface area is 169 Å². The first kappa shape index (κ1) is 18.7. The van der Waals surface area contributed by atoms with E-state index in [1.807, 2.05) is 30.1 Å². The Bertz CT molecular complexity index is 988. The van der Waals surface area contributed by atoms with Crippen molar-refractivity contribution in [2.24, 2.45) is 0 Å². The summed E-state index contributed by atoms with van der Waals surface area (Å²) in [4.78, 5) is 4.57. The van der Waals surface area contributed by atoms with Crippen LogP contribution in [0, 0.1) is 17.7 Å². The molecule has 1 atom stereocenters. The molecule has 1 aliphatic heterocycles. The molecular formula is C24H21FN2S. The summed E-state index contributed by atoms with van der Waals surface area (Å²) in [5, 5.41) is 3.99. The lowest BCUT2D eigenvalue weighted by molar-refractivity contribution is 0.627. The molecule has 1 aromatic heterocycles. The van der Waals surface area contributed by atoms with E-state index in [2.05, 4.69) is 46.4 Å². The van der Waals surface area contributed by atoms with Gasteiger partial charge in [0, 0.05) is 34.9 Å². The number of rotatable bonds is 3. The maximum Gasteiger partial charge on any atom is 0.123 e. The SMILES string of the molecule is Fc1ccc(C#Cc2ccc(CSC3CNCCc4ccccc43)nc2)cc1. The lowest BCUT2D eigenvalue weighted by Crippen LogP contribution is -2.18. The number of hydrogen-bond donors (Lipinski definition) is 1. The minimum absolute atomic E-state index is 0.249. The standard InChI is InChI=1S/C24H21FN2S/c25-21-10-7-18(8-11-21)5-6-19-9-12-22(27-15-19)17-28-24-16-26-14-13-20-3-1-2-4-23(20)24/h1-4,7-12,15,24,26H,13-14,16-17H2. The van der Waals surface area contributed by atoms with Crippen LogP contribution >= 0.6 is 11.8 Å². The van der Waals surface area contributed by atoms with Gasteiger partial charge in [-0.05, 0) is 60.5 Å². The van der Waals surface area contributed by atoms with E-state index < -0.39 is 0 Å². The van der Waals surface area contributed by atoms with Gasteiger partial charge in [-0.15, -0.1) is 11.8 Å². The third-order valence-electron chi connectivity index (χ3n) is 4.76. The zero-order valence-electron chi connectivity index (χ0n) is 15.5. The van der Waals surface area contributed by atoms with Gasteiger partial charge in [0.05, 0.1) is 5.69 Å². The van der Waals surface area contributed by atoms with Crippen molar-refractivity contribution in [2.45, 2.75) is 17.4 Å². The number of pyridine rings is 1. The molecule has 4 heteroatoms. The molecule has 2 nitrogen and oxygen atoms in total. The number of fused-ring (bicyclic) bond motifs is 1. The van der Waals surface area contributed by atoms with E-state index in [9.17, 15) is 4.39 Å². The molecule has 28 heavy (non-hydrogen) atoms. The van der Waals surface area contributed by atoms with E-state index in [-0.39, 0.29) is 5.82 Å². The summed E-state index contributed by atoms with van der Waals surface area (Å²) in [7, 11) is 0. The predicted octanol–water partition coefficient (Wildman–Crippen LogP) is 4.74. The first-order chi connectivity index (χ1) is 13.8. The van der Waals surface area contributed by atoms with Gasteiger partial charge in [-0.25, -0.2) is 4.39 Å². The van der Waals surface area contributed by atoms with Gasteiger partial charge in [-0.3, -0.25) is 4.98 Å². The molecule has 4 rings (SSSR count). The number of halogens is 1. The normalized spacial score (nSPS) is 15.8. The van der Waals surface area contributed by atoms with Crippen LogP contribution in [0.25, 0.3) is 0 Å². The number of hydrogen-bond acceptors (Lipinski definition) is 3. The summed E-state index contributed by atoms with van der Waals surface area (Å²) < 4.78 is 12.9. The van der Waals surface area contributed by atoms with Crippen molar-refractivity contribution in [1.82, 2.24) is 10.3 Å². The fourth-order valence-electron chi connectivity index (χ4n) is 3.24. The summed E-state index contributed by atoms with van der Waals surface area (Å²) >= 11 is 1.93. The smallest absolute Gasteiger partial charge is 0.123 e. The van der Waals surface area contributed by atoms with Crippen molar-refractivity contribution in [3.63, 3.8) is 0 Å². The monoisotopic (exact) mass is 388 g/mol. The molecule has 2 heterocycles. The highest BCUT2D eigenvalue weighted by Crippen LogP contribution is 2.34. The van der Waals surface area contributed by atoms with Crippen molar-refractivity contribution in [2.75, 3.05) is 13.1 Å². The van der Waals surface area contributed by atoms with E-state index in [0.717, 1.165) is 42.1 Å². The first-order valence-corrected chi connectivity index (χ1v) is 10.5. The van der Waals surface area contributed by atoms with E-state index >= 15 is 0 Å². The van der Waals surface area contributed by atoms with Gasteiger partial charge in [0.2, 0.25) is 0 Å². The van der Waals surface area contributed by atoms with Gasteiger partial charge in [0.1, 0.15) is 5.82 Å². The number of aromatic nitrogens is 1. The summed E-state index contributed by atoms with van der Waals surface area (Å²) in [6.45, 7) is 2.02. The zero-order chi connectivity index (χ0) is 19.2. The molecule has 140 valence electrons. The third-order valence-corrected chi connectivity index (χ3v) is 6.04. The minimum Gasteiger partial charge on any atom is -0.315 e. The molecule has 1 unspecified atom stereocenters. The van der Waals surface area contributed by atoms with Crippen molar-refractivity contribution < 1.29 is 4.39 Å². The van der Waals surface area contributed by atoms with Crippen molar-refractivity contribution in [1.29, 1.82) is 0 Å². The van der Waals surface area contributed by atoms with Crippen LogP contribution in [-0.2, 0) is 12.2 Å². The van der Waals surface area contributed by atoms with Gasteiger partial charge < -0.3 is 5.32 Å². The Kier molecular flexibility index (Phi) is 6.06. The van der Waals surface area contributed by atoms with Crippen LogP contribution in [0.1, 0.15) is 33.2 Å². The Hall–Kier alpha value is -2.61. The lowest BCUT2D eigenvalue weighted by Gasteiger charge is -2.17. The Morgan fingerprint density at radius 1 is 1.00 bits per heavy atom. The van der Waals surface area contributed by atoms with Crippen molar-refractivity contribution in [3.05, 3.63) is 101 Å². The molecule has 3 aromatic rings. The number of nitrogens with one attached hydrogen (secondary N) is 1. The Morgan fingerprint density at radius 2 is 1.79 bits per heavy atom. The van der Waals surface area contributed by atoms with Gasteiger partial charge in [-0.1, -0.05) is 36.1 Å². The van der Waals surface area contributed by atoms with Crippen LogP contribution in [0.2, 0.25) is 0 Å². The molecule has 0 fully saturated rings. The van der Waals surface area contributed by atoms with E-state index in [1.165, 1.54) is 23.3 Å². The number of nitrogens with zero attached hydrogens (tertiary/aromatic N) is 1. The summed E-state index contributed by atoms with van der Waals surface area (Å²) in [6, 6.07) is 19.0. The van der Waals surface area contributed by atoms with E-state index in [4.69, 9.17) is 0 Å². The van der Waals surface area contributed by atoms with Gasteiger partial charge in [0.15, 0.2) is 0 Å². The van der Waals surface area contributed by atoms with E-state index in [1.54, 1.807) is 12.1 Å².